The minimum absolute atomic E-state index is 0.0705. The van der Waals surface area contributed by atoms with Crippen molar-refractivity contribution in [3.63, 3.8) is 0 Å². The first-order valence-electron chi connectivity index (χ1n) is 7.35. The van der Waals surface area contributed by atoms with Crippen molar-refractivity contribution < 1.29 is 9.13 Å². The molecule has 2 aromatic rings. The van der Waals surface area contributed by atoms with Crippen LogP contribution < -0.4 is 5.32 Å². The van der Waals surface area contributed by atoms with Crippen LogP contribution in [0.5, 0.6) is 0 Å². The van der Waals surface area contributed by atoms with Gasteiger partial charge in [0, 0.05) is 19.7 Å². The van der Waals surface area contributed by atoms with Gasteiger partial charge in [-0.25, -0.2) is 4.39 Å². The number of hydrogen-bond donors (Lipinski definition) is 1. The van der Waals surface area contributed by atoms with Gasteiger partial charge in [0.1, 0.15) is 5.82 Å². The van der Waals surface area contributed by atoms with Crippen LogP contribution in [0.1, 0.15) is 34.7 Å². The van der Waals surface area contributed by atoms with Crippen molar-refractivity contribution in [2.45, 2.75) is 32.0 Å². The highest BCUT2D eigenvalue weighted by atomic mass is 19.1. The van der Waals surface area contributed by atoms with E-state index in [1.54, 1.807) is 19.2 Å². The largest absolute Gasteiger partial charge is 0.380 e. The maximum absolute atomic E-state index is 13.7. The molecule has 3 heteroatoms. The first kappa shape index (κ1) is 14.2. The fraction of sp³-hybridized carbons (Fsp3) is 0.333. The molecule has 2 aromatic carbocycles. The van der Waals surface area contributed by atoms with Crippen LogP contribution >= 0.6 is 0 Å². The third-order valence-corrected chi connectivity index (χ3v) is 4.07. The first-order valence-corrected chi connectivity index (χ1v) is 7.35. The number of benzene rings is 2. The van der Waals surface area contributed by atoms with Crippen LogP contribution in [0.2, 0.25) is 0 Å². The Morgan fingerprint density at radius 2 is 2.00 bits per heavy atom. The van der Waals surface area contributed by atoms with Crippen molar-refractivity contribution in [3.8, 4) is 0 Å². The lowest BCUT2D eigenvalue weighted by molar-refractivity contribution is 0.185. The van der Waals surface area contributed by atoms with E-state index in [1.807, 2.05) is 12.1 Å². The Hall–Kier alpha value is -1.71. The molecule has 2 nitrogen and oxygen atoms in total. The monoisotopic (exact) mass is 285 g/mol. The predicted octanol–water partition coefficient (Wildman–Crippen LogP) is 3.75. The minimum Gasteiger partial charge on any atom is -0.380 e. The summed E-state index contributed by atoms with van der Waals surface area (Å²) in [6.07, 6.45) is 1.79. The maximum Gasteiger partial charge on any atom is 0.126 e. The van der Waals surface area contributed by atoms with Crippen molar-refractivity contribution in [1.29, 1.82) is 0 Å². The van der Waals surface area contributed by atoms with Gasteiger partial charge in [-0.3, -0.25) is 0 Å². The molecule has 1 atom stereocenters. The molecule has 0 spiro atoms. The summed E-state index contributed by atoms with van der Waals surface area (Å²) in [7, 11) is 1.70. The standard InChI is InChI=1S/C18H20FNO/c1-21-12-14-5-2-4-13(10-14)11-20-18-9-8-15-16(18)6-3-7-17(15)19/h2-7,10,18,20H,8-9,11-12H2,1H3. The molecule has 1 aliphatic rings. The molecular weight excluding hydrogens is 265 g/mol. The molecule has 3 rings (SSSR count). The molecule has 1 unspecified atom stereocenters. The average molecular weight is 285 g/mol. The molecule has 0 aliphatic heterocycles. The highest BCUT2D eigenvalue weighted by Crippen LogP contribution is 2.32. The summed E-state index contributed by atoms with van der Waals surface area (Å²) in [5, 5.41) is 3.54. The Kier molecular flexibility index (Phi) is 4.32. The second-order valence-corrected chi connectivity index (χ2v) is 5.53. The molecular formula is C18H20FNO. The summed E-state index contributed by atoms with van der Waals surface area (Å²) in [4.78, 5) is 0. The van der Waals surface area contributed by atoms with Gasteiger partial charge in [-0.05, 0) is 41.2 Å². The molecule has 0 aromatic heterocycles. The fourth-order valence-corrected chi connectivity index (χ4v) is 3.06. The van der Waals surface area contributed by atoms with E-state index in [1.165, 1.54) is 11.1 Å². The van der Waals surface area contributed by atoms with E-state index in [2.05, 4.69) is 23.5 Å². The van der Waals surface area contributed by atoms with Crippen LogP contribution in [0.3, 0.4) is 0 Å². The number of fused-ring (bicyclic) bond motifs is 1. The van der Waals surface area contributed by atoms with Gasteiger partial charge < -0.3 is 10.1 Å². The van der Waals surface area contributed by atoms with E-state index >= 15 is 0 Å². The van der Waals surface area contributed by atoms with Crippen molar-refractivity contribution in [2.75, 3.05) is 7.11 Å². The highest BCUT2D eigenvalue weighted by molar-refractivity contribution is 5.35. The average Bonchev–Trinajstić information content (AvgIpc) is 2.91. The first-order chi connectivity index (χ1) is 10.3. The summed E-state index contributed by atoms with van der Waals surface area (Å²) in [5.41, 5.74) is 4.40. The van der Waals surface area contributed by atoms with Gasteiger partial charge in [-0.2, -0.15) is 0 Å². The van der Waals surface area contributed by atoms with Crippen LogP contribution in [0.4, 0.5) is 4.39 Å². The molecule has 0 fully saturated rings. The van der Waals surface area contributed by atoms with E-state index in [4.69, 9.17) is 4.74 Å². The second kappa shape index (κ2) is 6.37. The Balaban J connectivity index is 1.67. The molecule has 21 heavy (non-hydrogen) atoms. The van der Waals surface area contributed by atoms with Gasteiger partial charge in [0.05, 0.1) is 6.61 Å². The summed E-state index contributed by atoms with van der Waals surface area (Å²) >= 11 is 0. The van der Waals surface area contributed by atoms with Gasteiger partial charge in [-0.15, -0.1) is 0 Å². The predicted molar refractivity (Wildman–Crippen MR) is 81.5 cm³/mol. The normalized spacial score (nSPS) is 17.0. The lowest BCUT2D eigenvalue weighted by Crippen LogP contribution is -2.18. The summed E-state index contributed by atoms with van der Waals surface area (Å²) in [5.74, 6) is -0.0705. The fourth-order valence-electron chi connectivity index (χ4n) is 3.06. The summed E-state index contributed by atoms with van der Waals surface area (Å²) < 4.78 is 18.9. The molecule has 1 N–H and O–H groups in total. The summed E-state index contributed by atoms with van der Waals surface area (Å²) in [6, 6.07) is 14.0. The topological polar surface area (TPSA) is 21.3 Å². The Morgan fingerprint density at radius 1 is 1.19 bits per heavy atom. The van der Waals surface area contributed by atoms with E-state index < -0.39 is 0 Å². The van der Waals surface area contributed by atoms with Gasteiger partial charge in [0.25, 0.3) is 0 Å². The van der Waals surface area contributed by atoms with Crippen LogP contribution in [-0.2, 0) is 24.3 Å². The van der Waals surface area contributed by atoms with Crippen LogP contribution in [-0.4, -0.2) is 7.11 Å². The smallest absolute Gasteiger partial charge is 0.126 e. The zero-order valence-corrected chi connectivity index (χ0v) is 12.2. The lowest BCUT2D eigenvalue weighted by atomic mass is 10.1. The van der Waals surface area contributed by atoms with E-state index in [-0.39, 0.29) is 11.9 Å². The molecule has 0 bridgehead atoms. The van der Waals surface area contributed by atoms with Crippen LogP contribution in [0, 0.1) is 5.82 Å². The number of rotatable bonds is 5. The highest BCUT2D eigenvalue weighted by Gasteiger charge is 2.24. The molecule has 1 aliphatic carbocycles. The zero-order chi connectivity index (χ0) is 14.7. The Morgan fingerprint density at radius 3 is 2.86 bits per heavy atom. The van der Waals surface area contributed by atoms with Gasteiger partial charge in [0.2, 0.25) is 0 Å². The van der Waals surface area contributed by atoms with E-state index in [0.717, 1.165) is 30.5 Å². The molecule has 0 saturated heterocycles. The number of ether oxygens (including phenoxy) is 1. The molecule has 0 heterocycles. The van der Waals surface area contributed by atoms with Crippen molar-refractivity contribution in [1.82, 2.24) is 5.32 Å². The summed E-state index contributed by atoms with van der Waals surface area (Å²) in [6.45, 7) is 1.42. The quantitative estimate of drug-likeness (QED) is 0.903. The minimum atomic E-state index is -0.0705. The maximum atomic E-state index is 13.7. The molecule has 0 amide bonds. The number of methoxy groups -OCH3 is 1. The molecule has 0 radical (unpaired) electrons. The molecule has 0 saturated carbocycles. The number of halogens is 1. The van der Waals surface area contributed by atoms with Crippen LogP contribution in [0.15, 0.2) is 42.5 Å². The van der Waals surface area contributed by atoms with Crippen LogP contribution in [0.25, 0.3) is 0 Å². The van der Waals surface area contributed by atoms with Gasteiger partial charge in [-0.1, -0.05) is 36.4 Å². The number of nitrogens with one attached hydrogen (secondary N) is 1. The van der Waals surface area contributed by atoms with E-state index in [9.17, 15) is 4.39 Å². The number of hydrogen-bond acceptors (Lipinski definition) is 2. The Labute approximate surface area is 125 Å². The SMILES string of the molecule is COCc1cccc(CNC2CCc3c(F)cccc32)c1. The lowest BCUT2D eigenvalue weighted by Gasteiger charge is -2.14. The zero-order valence-electron chi connectivity index (χ0n) is 12.2. The third-order valence-electron chi connectivity index (χ3n) is 4.07. The second-order valence-electron chi connectivity index (χ2n) is 5.53. The van der Waals surface area contributed by atoms with Gasteiger partial charge >= 0.3 is 0 Å². The van der Waals surface area contributed by atoms with Crippen molar-refractivity contribution in [2.24, 2.45) is 0 Å². The van der Waals surface area contributed by atoms with Crippen molar-refractivity contribution >= 4 is 0 Å². The van der Waals surface area contributed by atoms with Gasteiger partial charge in [0.15, 0.2) is 0 Å². The third kappa shape index (κ3) is 3.14. The Bertz CT molecular complexity index is 626. The van der Waals surface area contributed by atoms with E-state index in [0.29, 0.717) is 6.61 Å². The molecule has 110 valence electrons. The van der Waals surface area contributed by atoms with Crippen molar-refractivity contribution in [3.05, 3.63) is 70.5 Å².